The summed E-state index contributed by atoms with van der Waals surface area (Å²) in [4.78, 5) is 35.4. The number of likely N-dealkylation sites (N-methyl/N-ethyl adjacent to an activating group) is 1. The Morgan fingerprint density at radius 3 is 2.19 bits per heavy atom. The lowest BCUT2D eigenvalue weighted by molar-refractivity contribution is -0.253. The molecule has 6 unspecified atom stereocenters. The molecule has 3 aliphatic rings. The molecule has 12 nitrogen and oxygen atoms in total. The van der Waals surface area contributed by atoms with Crippen molar-refractivity contribution in [3.05, 3.63) is 120 Å². The molecule has 370 valence electrons. The molecule has 68 heavy (non-hydrogen) atoms. The van der Waals surface area contributed by atoms with Gasteiger partial charge in [-0.05, 0) is 78.8 Å². The molecule has 6 rings (SSSR count). The molecular formula is C56H77N3O9. The molecule has 2 aliphatic carbocycles. The number of nitrogens with one attached hydrogen (secondary N) is 1. The van der Waals surface area contributed by atoms with Crippen molar-refractivity contribution in [2.45, 2.75) is 147 Å². The van der Waals surface area contributed by atoms with Crippen LogP contribution in [0.5, 0.6) is 11.5 Å². The Kier molecular flexibility index (Phi) is 21.3. The van der Waals surface area contributed by atoms with Gasteiger partial charge in [0.25, 0.3) is 0 Å². The first-order chi connectivity index (χ1) is 33.3. The Morgan fingerprint density at radius 2 is 1.51 bits per heavy atom. The fourth-order valence-electron chi connectivity index (χ4n) is 10.4. The van der Waals surface area contributed by atoms with Gasteiger partial charge in [0.05, 0.1) is 24.8 Å². The number of allylic oxidation sites excluding steroid dienone is 1. The summed E-state index contributed by atoms with van der Waals surface area (Å²) in [7, 11) is 1.75. The van der Waals surface area contributed by atoms with Crippen LogP contribution in [-0.4, -0.2) is 78.3 Å². The fourth-order valence-corrected chi connectivity index (χ4v) is 10.4. The number of aliphatic hydroxyl groups is 2. The third-order valence-corrected chi connectivity index (χ3v) is 13.9. The van der Waals surface area contributed by atoms with Crippen molar-refractivity contribution in [3.63, 3.8) is 0 Å². The van der Waals surface area contributed by atoms with E-state index in [-0.39, 0.29) is 50.6 Å². The maximum Gasteiger partial charge on any atom is 0.412 e. The molecule has 1 heterocycles. The number of hydrogen-bond acceptors (Lipinski definition) is 10. The zero-order valence-electron chi connectivity index (χ0n) is 40.7. The number of fused-ring (bicyclic) bond motifs is 2. The monoisotopic (exact) mass is 936 g/mol. The van der Waals surface area contributed by atoms with Crippen molar-refractivity contribution in [2.24, 2.45) is 22.9 Å². The van der Waals surface area contributed by atoms with Crippen LogP contribution in [-0.2, 0) is 27.5 Å². The summed E-state index contributed by atoms with van der Waals surface area (Å²) in [5.41, 5.74) is 4.37. The number of ether oxygens (including phenoxy) is 4. The first kappa shape index (κ1) is 52.2. The lowest BCUT2D eigenvalue weighted by atomic mass is 9.55. The molecule has 0 saturated heterocycles. The number of aliphatic hydroxyl groups excluding tert-OH is 2. The van der Waals surface area contributed by atoms with E-state index in [0.29, 0.717) is 43.2 Å². The molecule has 1 aliphatic heterocycles. The van der Waals surface area contributed by atoms with Gasteiger partial charge in [0.2, 0.25) is 5.79 Å². The number of hydrogen-bond donors (Lipinski definition) is 3. The smallest absolute Gasteiger partial charge is 0.412 e. The third-order valence-electron chi connectivity index (χ3n) is 13.9. The summed E-state index contributed by atoms with van der Waals surface area (Å²) >= 11 is 0. The van der Waals surface area contributed by atoms with Gasteiger partial charge < -0.3 is 44.2 Å². The van der Waals surface area contributed by atoms with E-state index in [9.17, 15) is 19.8 Å². The van der Waals surface area contributed by atoms with Gasteiger partial charge in [-0.25, -0.2) is 9.59 Å². The molecule has 3 aromatic carbocycles. The summed E-state index contributed by atoms with van der Waals surface area (Å²) in [6.45, 7) is 7.44. The number of nitrogens with zero attached hydrogens (tertiary/aromatic N) is 2. The Bertz CT molecular complexity index is 2060. The van der Waals surface area contributed by atoms with Crippen LogP contribution in [0, 0.1) is 17.8 Å². The molecule has 1 saturated carbocycles. The average Bonchev–Trinajstić information content (AvgIpc) is 3.36. The summed E-state index contributed by atoms with van der Waals surface area (Å²) in [5.74, 6) is -1.26. The standard InChI is InChI=1S/C56H77N3O9/c1-4-6-7-8-9-10-11-12-13-24-36-64-55(63)59(3)51-39-49(58-66-41-43-27-18-15-19-28-43)47-37-44(29-20-22-33-60)46(30-21-23-34-61)52-48-38-45(67-54(62)57-40-42-25-16-14-17-26-42)31-32-50(48)68-56(51,53(47)52)65-35-5-2/h5,14-19,25-28,31-32,37-38,44,46,51-53,60-61H,2,4,6-13,20-24,29-30,33-36,39-41H2,1,3H3,(H,57,62). The second-order valence-corrected chi connectivity index (χ2v) is 18.7. The van der Waals surface area contributed by atoms with Gasteiger partial charge in [-0.15, -0.1) is 6.58 Å². The maximum absolute atomic E-state index is 14.3. The third kappa shape index (κ3) is 14.2. The van der Waals surface area contributed by atoms with Crippen LogP contribution in [0.2, 0.25) is 0 Å². The molecule has 1 fully saturated rings. The molecule has 0 aromatic heterocycles. The quantitative estimate of drug-likeness (QED) is 0.0351. The number of oxime groups is 1. The van der Waals surface area contributed by atoms with Crippen molar-refractivity contribution in [1.29, 1.82) is 0 Å². The van der Waals surface area contributed by atoms with Crippen molar-refractivity contribution in [2.75, 3.05) is 33.5 Å². The SMILES string of the molecule is C=CCOC12Oc3ccc(OC(=O)NCc4ccccc4)cc3C3C(CCCCO)C(CCCCO)C=C(C(=NOCc4ccccc4)CC1N(C)C(=O)OCCCCCCCCCCCC)C32. The molecule has 0 radical (unpaired) electrons. The summed E-state index contributed by atoms with van der Waals surface area (Å²) in [6, 6.07) is 24.3. The molecule has 6 atom stereocenters. The van der Waals surface area contributed by atoms with Gasteiger partial charge in [0.1, 0.15) is 24.1 Å². The molecule has 2 amide bonds. The molecule has 12 heteroatoms. The Morgan fingerprint density at radius 1 is 0.853 bits per heavy atom. The van der Waals surface area contributed by atoms with Gasteiger partial charge in [0, 0.05) is 44.7 Å². The van der Waals surface area contributed by atoms with Crippen LogP contribution < -0.4 is 14.8 Å². The van der Waals surface area contributed by atoms with Crippen molar-refractivity contribution in [1.82, 2.24) is 10.2 Å². The van der Waals surface area contributed by atoms with Crippen LogP contribution in [0.3, 0.4) is 0 Å². The topological polar surface area (TPSA) is 148 Å². The minimum atomic E-state index is -1.43. The molecule has 3 aromatic rings. The lowest BCUT2D eigenvalue weighted by Crippen LogP contribution is -2.69. The molecule has 0 spiro atoms. The number of rotatable bonds is 29. The van der Waals surface area contributed by atoms with Gasteiger partial charge in [-0.2, -0.15) is 0 Å². The van der Waals surface area contributed by atoms with E-state index < -0.39 is 29.9 Å². The zero-order chi connectivity index (χ0) is 48.0. The van der Waals surface area contributed by atoms with Crippen molar-refractivity contribution < 1.29 is 43.6 Å². The van der Waals surface area contributed by atoms with E-state index in [4.69, 9.17) is 28.9 Å². The average molecular weight is 936 g/mol. The Hall–Kier alpha value is -5.17. The summed E-state index contributed by atoms with van der Waals surface area (Å²) < 4.78 is 26.3. The van der Waals surface area contributed by atoms with Crippen LogP contribution in [0.4, 0.5) is 9.59 Å². The summed E-state index contributed by atoms with van der Waals surface area (Å²) in [6.07, 6.45) is 19.4. The van der Waals surface area contributed by atoms with Crippen molar-refractivity contribution in [3.8, 4) is 11.5 Å². The van der Waals surface area contributed by atoms with E-state index in [1.165, 1.54) is 44.9 Å². The first-order valence-electron chi connectivity index (χ1n) is 25.5. The van der Waals surface area contributed by atoms with Gasteiger partial charge in [0.15, 0.2) is 0 Å². The largest absolute Gasteiger partial charge is 0.459 e. The Balaban J connectivity index is 1.37. The molecule has 0 bridgehead atoms. The number of benzene rings is 3. The molecule has 3 N–H and O–H groups in total. The van der Waals surface area contributed by atoms with Crippen LogP contribution in [0.25, 0.3) is 0 Å². The fraction of sp³-hybridized carbons (Fsp3) is 0.554. The number of carbonyl (C=O) groups is 2. The number of amides is 2. The number of unbranched alkanes of at least 4 members (excludes halogenated alkanes) is 11. The second-order valence-electron chi connectivity index (χ2n) is 18.7. The number of carbonyl (C=O) groups excluding carboxylic acids is 2. The second kappa shape index (κ2) is 27.7. The van der Waals surface area contributed by atoms with Crippen LogP contribution in [0.15, 0.2) is 108 Å². The minimum Gasteiger partial charge on any atom is -0.459 e. The van der Waals surface area contributed by atoms with E-state index in [1.54, 1.807) is 24.1 Å². The van der Waals surface area contributed by atoms with E-state index in [2.05, 4.69) is 24.9 Å². The molecular weight excluding hydrogens is 859 g/mol. The summed E-state index contributed by atoms with van der Waals surface area (Å²) in [5, 5.41) is 27.7. The highest BCUT2D eigenvalue weighted by Gasteiger charge is 2.65. The van der Waals surface area contributed by atoms with Crippen molar-refractivity contribution >= 4 is 17.9 Å². The highest BCUT2D eigenvalue weighted by Crippen LogP contribution is 2.62. The van der Waals surface area contributed by atoms with E-state index >= 15 is 0 Å². The highest BCUT2D eigenvalue weighted by molar-refractivity contribution is 6.03. The predicted octanol–water partition coefficient (Wildman–Crippen LogP) is 11.8. The zero-order valence-corrected chi connectivity index (χ0v) is 40.7. The van der Waals surface area contributed by atoms with Crippen LogP contribution in [0.1, 0.15) is 139 Å². The Labute approximate surface area is 405 Å². The highest BCUT2D eigenvalue weighted by atomic mass is 16.7. The predicted molar refractivity (Wildman–Crippen MR) is 266 cm³/mol. The van der Waals surface area contributed by atoms with Crippen LogP contribution >= 0.6 is 0 Å². The minimum absolute atomic E-state index is 0.00402. The van der Waals surface area contributed by atoms with Gasteiger partial charge in [-0.1, -0.05) is 156 Å². The maximum atomic E-state index is 14.3. The van der Waals surface area contributed by atoms with E-state index in [0.717, 1.165) is 67.2 Å². The van der Waals surface area contributed by atoms with Gasteiger partial charge in [-0.3, -0.25) is 0 Å². The first-order valence-corrected chi connectivity index (χ1v) is 25.5. The van der Waals surface area contributed by atoms with E-state index in [1.807, 2.05) is 72.8 Å². The lowest BCUT2D eigenvalue weighted by Gasteiger charge is -2.59. The van der Waals surface area contributed by atoms with Gasteiger partial charge >= 0.3 is 12.2 Å². The normalized spacial score (nSPS) is 22.0.